The molecule has 0 saturated carbocycles. The lowest BCUT2D eigenvalue weighted by Crippen LogP contribution is -2.48. The van der Waals surface area contributed by atoms with Gasteiger partial charge in [-0.25, -0.2) is 9.97 Å². The highest BCUT2D eigenvalue weighted by Crippen LogP contribution is 2.26. The van der Waals surface area contributed by atoms with E-state index in [4.69, 9.17) is 9.72 Å². The maximum Gasteiger partial charge on any atom is 0.137 e. The number of hydrogen-bond acceptors (Lipinski definition) is 4. The summed E-state index contributed by atoms with van der Waals surface area (Å²) in [4.78, 5) is 11.5. The van der Waals surface area contributed by atoms with Crippen molar-refractivity contribution in [3.8, 4) is 0 Å². The molecule has 2 atom stereocenters. The van der Waals surface area contributed by atoms with Gasteiger partial charge >= 0.3 is 0 Å². The van der Waals surface area contributed by atoms with E-state index in [0.717, 1.165) is 29.4 Å². The minimum atomic E-state index is -0.0559. The molecule has 4 nitrogen and oxygen atoms in total. The molecular weight excluding hydrogens is 306 g/mol. The first-order valence-electron chi connectivity index (χ1n) is 6.70. The molecule has 1 aromatic heterocycles. The van der Waals surface area contributed by atoms with E-state index in [-0.39, 0.29) is 11.5 Å². The van der Waals surface area contributed by atoms with Crippen LogP contribution in [-0.2, 0) is 10.2 Å². The molecule has 1 saturated heterocycles. The highest BCUT2D eigenvalue weighted by molar-refractivity contribution is 9.10. The summed E-state index contributed by atoms with van der Waals surface area (Å²) in [5, 5.41) is 0. The van der Waals surface area contributed by atoms with Crippen LogP contribution >= 0.6 is 15.9 Å². The van der Waals surface area contributed by atoms with Crippen molar-refractivity contribution in [2.24, 2.45) is 0 Å². The number of rotatable bonds is 1. The van der Waals surface area contributed by atoms with Gasteiger partial charge in [0, 0.05) is 18.0 Å². The summed E-state index contributed by atoms with van der Waals surface area (Å²) in [6.07, 6.45) is 0.239. The SMILES string of the molecule is CC1CN(c2cc(Br)nc(C(C)(C)C)n2)C(C)CO1. The van der Waals surface area contributed by atoms with Crippen LogP contribution in [0.2, 0.25) is 0 Å². The van der Waals surface area contributed by atoms with Gasteiger partial charge in [-0.1, -0.05) is 20.8 Å². The zero-order valence-electron chi connectivity index (χ0n) is 12.3. The van der Waals surface area contributed by atoms with Gasteiger partial charge in [-0.15, -0.1) is 0 Å². The maximum atomic E-state index is 5.67. The number of hydrogen-bond donors (Lipinski definition) is 0. The van der Waals surface area contributed by atoms with Crippen LogP contribution in [0.25, 0.3) is 0 Å². The summed E-state index contributed by atoms with van der Waals surface area (Å²) >= 11 is 3.50. The lowest BCUT2D eigenvalue weighted by atomic mass is 9.96. The van der Waals surface area contributed by atoms with Gasteiger partial charge in [0.05, 0.1) is 18.8 Å². The Hall–Kier alpha value is -0.680. The Kier molecular flexibility index (Phi) is 4.16. The average molecular weight is 328 g/mol. The highest BCUT2D eigenvalue weighted by atomic mass is 79.9. The third kappa shape index (κ3) is 3.45. The van der Waals surface area contributed by atoms with E-state index in [9.17, 15) is 0 Å². The van der Waals surface area contributed by atoms with Gasteiger partial charge < -0.3 is 9.64 Å². The molecule has 0 N–H and O–H groups in total. The summed E-state index contributed by atoms with van der Waals surface area (Å²) in [7, 11) is 0. The van der Waals surface area contributed by atoms with E-state index in [1.807, 2.05) is 6.07 Å². The predicted molar refractivity (Wildman–Crippen MR) is 80.7 cm³/mol. The molecule has 0 spiro atoms. The van der Waals surface area contributed by atoms with Crippen LogP contribution in [0.5, 0.6) is 0 Å². The second-order valence-corrected chi connectivity index (χ2v) is 7.08. The monoisotopic (exact) mass is 327 g/mol. The van der Waals surface area contributed by atoms with Gasteiger partial charge in [0.2, 0.25) is 0 Å². The molecule has 1 aromatic rings. The summed E-state index contributed by atoms with van der Waals surface area (Å²) in [6.45, 7) is 12.3. The Balaban J connectivity index is 2.36. The van der Waals surface area contributed by atoms with Gasteiger partial charge in [0.15, 0.2) is 0 Å². The minimum absolute atomic E-state index is 0.0559. The van der Waals surface area contributed by atoms with Crippen molar-refractivity contribution in [3.05, 3.63) is 16.5 Å². The topological polar surface area (TPSA) is 38.2 Å². The first-order chi connectivity index (χ1) is 8.77. The van der Waals surface area contributed by atoms with Gasteiger partial charge in [-0.3, -0.25) is 0 Å². The smallest absolute Gasteiger partial charge is 0.137 e. The van der Waals surface area contributed by atoms with Crippen LogP contribution in [-0.4, -0.2) is 35.3 Å². The van der Waals surface area contributed by atoms with E-state index in [2.05, 4.69) is 60.4 Å². The summed E-state index contributed by atoms with van der Waals surface area (Å²) in [6, 6.07) is 2.33. The minimum Gasteiger partial charge on any atom is -0.375 e. The summed E-state index contributed by atoms with van der Waals surface area (Å²) in [5.74, 6) is 1.85. The molecule has 0 aliphatic carbocycles. The molecule has 19 heavy (non-hydrogen) atoms. The largest absolute Gasteiger partial charge is 0.375 e. The van der Waals surface area contributed by atoms with Crippen molar-refractivity contribution in [1.82, 2.24) is 9.97 Å². The predicted octanol–water partition coefficient (Wildman–Crippen LogP) is 3.15. The zero-order valence-corrected chi connectivity index (χ0v) is 13.9. The Morgan fingerprint density at radius 1 is 1.32 bits per heavy atom. The van der Waals surface area contributed by atoms with Crippen molar-refractivity contribution in [3.63, 3.8) is 0 Å². The van der Waals surface area contributed by atoms with E-state index >= 15 is 0 Å². The fourth-order valence-corrected chi connectivity index (χ4v) is 2.48. The fourth-order valence-electron chi connectivity index (χ4n) is 2.11. The van der Waals surface area contributed by atoms with Crippen LogP contribution in [0.4, 0.5) is 5.82 Å². The molecule has 0 radical (unpaired) electrons. The Morgan fingerprint density at radius 3 is 2.63 bits per heavy atom. The Bertz CT molecular complexity index is 458. The summed E-state index contributed by atoms with van der Waals surface area (Å²) < 4.78 is 6.51. The number of nitrogens with zero attached hydrogens (tertiary/aromatic N) is 3. The number of aromatic nitrogens is 2. The van der Waals surface area contributed by atoms with Crippen LogP contribution in [0.15, 0.2) is 10.7 Å². The Morgan fingerprint density at radius 2 is 2.00 bits per heavy atom. The molecule has 1 fully saturated rings. The third-order valence-electron chi connectivity index (χ3n) is 3.25. The van der Waals surface area contributed by atoms with Crippen molar-refractivity contribution >= 4 is 21.7 Å². The number of ether oxygens (including phenoxy) is 1. The molecule has 0 amide bonds. The van der Waals surface area contributed by atoms with Crippen molar-refractivity contribution in [2.75, 3.05) is 18.1 Å². The van der Waals surface area contributed by atoms with E-state index in [1.54, 1.807) is 0 Å². The molecular formula is C14H22BrN3O. The third-order valence-corrected chi connectivity index (χ3v) is 3.66. The van der Waals surface area contributed by atoms with Crippen LogP contribution in [0.3, 0.4) is 0 Å². The number of halogens is 1. The normalized spacial score (nSPS) is 24.6. The van der Waals surface area contributed by atoms with E-state index < -0.39 is 0 Å². The lowest BCUT2D eigenvalue weighted by molar-refractivity contribution is 0.0340. The lowest BCUT2D eigenvalue weighted by Gasteiger charge is -2.38. The molecule has 0 bridgehead atoms. The molecule has 0 aromatic carbocycles. The molecule has 5 heteroatoms. The van der Waals surface area contributed by atoms with Crippen molar-refractivity contribution < 1.29 is 4.74 Å². The zero-order chi connectivity index (χ0) is 14.2. The van der Waals surface area contributed by atoms with E-state index in [1.165, 1.54) is 0 Å². The van der Waals surface area contributed by atoms with Gasteiger partial charge in [-0.2, -0.15) is 0 Å². The second kappa shape index (κ2) is 5.37. The quantitative estimate of drug-likeness (QED) is 0.743. The first-order valence-corrected chi connectivity index (χ1v) is 7.50. The Labute approximate surface area is 123 Å². The van der Waals surface area contributed by atoms with Gasteiger partial charge in [0.1, 0.15) is 16.2 Å². The maximum absolute atomic E-state index is 5.67. The van der Waals surface area contributed by atoms with E-state index in [0.29, 0.717) is 6.04 Å². The number of morpholine rings is 1. The molecule has 1 aliphatic heterocycles. The van der Waals surface area contributed by atoms with Crippen LogP contribution < -0.4 is 4.90 Å². The average Bonchev–Trinajstić information content (AvgIpc) is 2.30. The molecule has 2 heterocycles. The standard InChI is InChI=1S/C14H22BrN3O/c1-9-8-19-10(2)7-18(9)12-6-11(15)16-13(17-12)14(3,4)5/h6,9-10H,7-8H2,1-5H3. The van der Waals surface area contributed by atoms with Crippen LogP contribution in [0, 0.1) is 0 Å². The second-order valence-electron chi connectivity index (χ2n) is 6.27. The van der Waals surface area contributed by atoms with Gasteiger partial charge in [-0.05, 0) is 29.8 Å². The molecule has 2 unspecified atom stereocenters. The van der Waals surface area contributed by atoms with Gasteiger partial charge in [0.25, 0.3) is 0 Å². The first kappa shape index (κ1) is 14.7. The molecule has 1 aliphatic rings. The highest BCUT2D eigenvalue weighted by Gasteiger charge is 2.27. The molecule has 2 rings (SSSR count). The number of anilines is 1. The fraction of sp³-hybridized carbons (Fsp3) is 0.714. The van der Waals surface area contributed by atoms with Crippen molar-refractivity contribution in [2.45, 2.75) is 52.2 Å². The molecule has 106 valence electrons. The van der Waals surface area contributed by atoms with Crippen LogP contribution in [0.1, 0.15) is 40.4 Å². The van der Waals surface area contributed by atoms with Crippen molar-refractivity contribution in [1.29, 1.82) is 0 Å². The summed E-state index contributed by atoms with van der Waals surface area (Å²) in [5.41, 5.74) is -0.0559.